The molecule has 5 nitrogen and oxygen atoms in total. The summed E-state index contributed by atoms with van der Waals surface area (Å²) in [7, 11) is -3.22. The van der Waals surface area contributed by atoms with Crippen molar-refractivity contribution in [1.29, 1.82) is 0 Å². The zero-order valence-electron chi connectivity index (χ0n) is 9.51. The molecule has 2 saturated heterocycles. The van der Waals surface area contributed by atoms with E-state index in [1.165, 1.54) is 17.1 Å². The maximum Gasteiger partial charge on any atom is 0.216 e. The van der Waals surface area contributed by atoms with E-state index in [1.54, 1.807) is 0 Å². The first-order valence-electron chi connectivity index (χ1n) is 5.96. The van der Waals surface area contributed by atoms with Gasteiger partial charge in [-0.05, 0) is 32.4 Å². The number of hydrogen-bond donors (Lipinski definition) is 1. The second kappa shape index (κ2) is 5.00. The molecule has 0 amide bonds. The standard InChI is InChI=1S/C10H20N2O3S/c13-7-8-16(14,15)12-6-3-10(9-12)11-4-1-2-5-11/h10,13H,1-9H2. The number of rotatable bonds is 4. The minimum atomic E-state index is -3.22. The van der Waals surface area contributed by atoms with Gasteiger partial charge in [0, 0.05) is 19.1 Å². The molecule has 0 saturated carbocycles. The van der Waals surface area contributed by atoms with Crippen molar-refractivity contribution in [1.82, 2.24) is 9.21 Å². The second-order valence-electron chi connectivity index (χ2n) is 4.58. The van der Waals surface area contributed by atoms with Crippen LogP contribution in [0, 0.1) is 0 Å². The molecule has 2 rings (SSSR count). The van der Waals surface area contributed by atoms with Gasteiger partial charge in [0.2, 0.25) is 10.0 Å². The summed E-state index contributed by atoms with van der Waals surface area (Å²) < 4.78 is 25.0. The predicted octanol–water partition coefficient (Wildman–Crippen LogP) is -0.521. The van der Waals surface area contributed by atoms with Gasteiger partial charge in [0.05, 0.1) is 12.4 Å². The first-order valence-corrected chi connectivity index (χ1v) is 7.57. The Balaban J connectivity index is 1.92. The van der Waals surface area contributed by atoms with Crippen LogP contribution < -0.4 is 0 Å². The largest absolute Gasteiger partial charge is 0.395 e. The van der Waals surface area contributed by atoms with Crippen LogP contribution in [0.15, 0.2) is 0 Å². The average Bonchev–Trinajstić information content (AvgIpc) is 2.89. The normalized spacial score (nSPS) is 28.9. The molecule has 1 N–H and O–H groups in total. The average molecular weight is 248 g/mol. The Kier molecular flexibility index (Phi) is 3.84. The van der Waals surface area contributed by atoms with Crippen LogP contribution in [-0.2, 0) is 10.0 Å². The van der Waals surface area contributed by atoms with Gasteiger partial charge in [-0.15, -0.1) is 0 Å². The van der Waals surface area contributed by atoms with Gasteiger partial charge in [-0.1, -0.05) is 0 Å². The summed E-state index contributed by atoms with van der Waals surface area (Å²) >= 11 is 0. The Hall–Kier alpha value is -0.170. The molecule has 1 unspecified atom stereocenters. The van der Waals surface area contributed by atoms with Gasteiger partial charge >= 0.3 is 0 Å². The van der Waals surface area contributed by atoms with Crippen LogP contribution in [0.5, 0.6) is 0 Å². The van der Waals surface area contributed by atoms with Gasteiger partial charge in [0.1, 0.15) is 0 Å². The maximum absolute atomic E-state index is 11.7. The van der Waals surface area contributed by atoms with Crippen molar-refractivity contribution in [2.24, 2.45) is 0 Å². The Morgan fingerprint density at radius 1 is 1.19 bits per heavy atom. The molecule has 94 valence electrons. The fraction of sp³-hybridized carbons (Fsp3) is 1.00. The van der Waals surface area contributed by atoms with Gasteiger partial charge in [-0.2, -0.15) is 0 Å². The molecule has 0 aromatic rings. The summed E-state index contributed by atoms with van der Waals surface area (Å²) in [5.74, 6) is -0.139. The fourth-order valence-corrected chi connectivity index (χ4v) is 3.88. The van der Waals surface area contributed by atoms with Crippen molar-refractivity contribution in [2.75, 3.05) is 38.5 Å². The van der Waals surface area contributed by atoms with Crippen LogP contribution in [0.1, 0.15) is 19.3 Å². The summed E-state index contributed by atoms with van der Waals surface area (Å²) in [5, 5.41) is 8.72. The lowest BCUT2D eigenvalue weighted by atomic mass is 10.2. The highest BCUT2D eigenvalue weighted by molar-refractivity contribution is 7.89. The predicted molar refractivity (Wildman–Crippen MR) is 61.7 cm³/mol. The topological polar surface area (TPSA) is 60.9 Å². The van der Waals surface area contributed by atoms with Crippen LogP contribution >= 0.6 is 0 Å². The van der Waals surface area contributed by atoms with Gasteiger partial charge < -0.3 is 5.11 Å². The smallest absolute Gasteiger partial charge is 0.216 e. The molecule has 0 aromatic heterocycles. The highest BCUT2D eigenvalue weighted by Gasteiger charge is 2.34. The Labute approximate surface area is 97.1 Å². The fourth-order valence-electron chi connectivity index (χ4n) is 2.61. The molecule has 6 heteroatoms. The lowest BCUT2D eigenvalue weighted by Gasteiger charge is -2.23. The van der Waals surface area contributed by atoms with Crippen LogP contribution in [0.3, 0.4) is 0 Å². The third kappa shape index (κ3) is 2.56. The molecule has 16 heavy (non-hydrogen) atoms. The van der Waals surface area contributed by atoms with E-state index < -0.39 is 10.0 Å². The molecule has 0 aromatic carbocycles. The minimum Gasteiger partial charge on any atom is -0.395 e. The summed E-state index contributed by atoms with van der Waals surface area (Å²) in [4.78, 5) is 2.40. The Morgan fingerprint density at radius 2 is 1.88 bits per heavy atom. The zero-order chi connectivity index (χ0) is 11.6. The summed E-state index contributed by atoms with van der Waals surface area (Å²) in [5.41, 5.74) is 0. The van der Waals surface area contributed by atoms with Crippen molar-refractivity contribution in [3.63, 3.8) is 0 Å². The van der Waals surface area contributed by atoms with E-state index in [-0.39, 0.29) is 12.4 Å². The Morgan fingerprint density at radius 3 is 2.50 bits per heavy atom. The summed E-state index contributed by atoms with van der Waals surface area (Å²) in [6, 6.07) is 0.399. The monoisotopic (exact) mass is 248 g/mol. The highest BCUT2D eigenvalue weighted by Crippen LogP contribution is 2.22. The summed E-state index contributed by atoms with van der Waals surface area (Å²) in [6.45, 7) is 3.16. The molecule has 2 aliphatic heterocycles. The number of likely N-dealkylation sites (tertiary alicyclic amines) is 1. The molecule has 2 aliphatic rings. The molecular formula is C10H20N2O3S. The van der Waals surface area contributed by atoms with Crippen molar-refractivity contribution >= 4 is 10.0 Å². The molecule has 2 fully saturated rings. The number of aliphatic hydroxyl groups is 1. The van der Waals surface area contributed by atoms with E-state index in [0.29, 0.717) is 19.1 Å². The molecule has 2 heterocycles. The van der Waals surface area contributed by atoms with Gasteiger partial charge in [-0.3, -0.25) is 4.90 Å². The molecule has 0 aliphatic carbocycles. The van der Waals surface area contributed by atoms with E-state index in [1.807, 2.05) is 0 Å². The van der Waals surface area contributed by atoms with Crippen molar-refractivity contribution in [3.8, 4) is 0 Å². The van der Waals surface area contributed by atoms with E-state index >= 15 is 0 Å². The molecule has 0 spiro atoms. The van der Waals surface area contributed by atoms with Gasteiger partial charge in [0.25, 0.3) is 0 Å². The lowest BCUT2D eigenvalue weighted by Crippen LogP contribution is -2.38. The van der Waals surface area contributed by atoms with Crippen LogP contribution in [-0.4, -0.2) is 67.3 Å². The second-order valence-corrected chi connectivity index (χ2v) is 6.67. The van der Waals surface area contributed by atoms with Crippen LogP contribution in [0.25, 0.3) is 0 Å². The number of hydrogen-bond acceptors (Lipinski definition) is 4. The number of aliphatic hydroxyl groups excluding tert-OH is 1. The quantitative estimate of drug-likeness (QED) is 0.727. The Bertz CT molecular complexity index is 325. The van der Waals surface area contributed by atoms with E-state index in [9.17, 15) is 8.42 Å². The SMILES string of the molecule is O=S(=O)(CCO)N1CCC(N2CCCC2)C1. The van der Waals surface area contributed by atoms with Crippen molar-refractivity contribution in [3.05, 3.63) is 0 Å². The third-order valence-corrected chi connectivity index (χ3v) is 5.34. The molecule has 0 bridgehead atoms. The van der Waals surface area contributed by atoms with Crippen LogP contribution in [0.2, 0.25) is 0 Å². The van der Waals surface area contributed by atoms with Crippen LogP contribution in [0.4, 0.5) is 0 Å². The maximum atomic E-state index is 11.7. The summed E-state index contributed by atoms with van der Waals surface area (Å²) in [6.07, 6.45) is 3.41. The van der Waals surface area contributed by atoms with E-state index in [4.69, 9.17) is 5.11 Å². The number of nitrogens with zero attached hydrogens (tertiary/aromatic N) is 2. The molecule has 0 radical (unpaired) electrons. The lowest BCUT2D eigenvalue weighted by molar-refractivity contribution is 0.250. The van der Waals surface area contributed by atoms with E-state index in [0.717, 1.165) is 19.5 Å². The zero-order valence-corrected chi connectivity index (χ0v) is 10.3. The van der Waals surface area contributed by atoms with Crippen molar-refractivity contribution < 1.29 is 13.5 Å². The minimum absolute atomic E-state index is 0.139. The third-order valence-electron chi connectivity index (χ3n) is 3.53. The molecular weight excluding hydrogens is 228 g/mol. The first kappa shape index (κ1) is 12.3. The van der Waals surface area contributed by atoms with Crippen molar-refractivity contribution in [2.45, 2.75) is 25.3 Å². The van der Waals surface area contributed by atoms with Gasteiger partial charge in [-0.25, -0.2) is 12.7 Å². The highest BCUT2D eigenvalue weighted by atomic mass is 32.2. The number of sulfonamides is 1. The van der Waals surface area contributed by atoms with Gasteiger partial charge in [0.15, 0.2) is 0 Å². The first-order chi connectivity index (χ1) is 7.63. The van der Waals surface area contributed by atoms with E-state index in [2.05, 4.69) is 4.90 Å². The molecule has 1 atom stereocenters.